The van der Waals surface area contributed by atoms with Gasteiger partial charge in [0.15, 0.2) is 0 Å². The predicted octanol–water partition coefficient (Wildman–Crippen LogP) is 3.31. The van der Waals surface area contributed by atoms with Gasteiger partial charge in [0.25, 0.3) is 0 Å². The van der Waals surface area contributed by atoms with Gasteiger partial charge in [-0.3, -0.25) is 9.59 Å². The van der Waals surface area contributed by atoms with Crippen LogP contribution in [0, 0.1) is 5.92 Å². The highest BCUT2D eigenvalue weighted by molar-refractivity contribution is 6.35. The number of carbonyl (C=O) groups is 2. The number of nitrogens with zero attached hydrogens (tertiary/aromatic N) is 1. The molecular formula is C21H30N2O2. The van der Waals surface area contributed by atoms with Crippen LogP contribution in [0.25, 0.3) is 0 Å². The first-order valence-electron chi connectivity index (χ1n) is 9.86. The Morgan fingerprint density at radius 2 is 1.56 bits per heavy atom. The topological polar surface area (TPSA) is 49.4 Å². The monoisotopic (exact) mass is 342 g/mol. The highest BCUT2D eigenvalue weighted by Crippen LogP contribution is 2.22. The molecule has 1 saturated carbocycles. The number of piperidine rings is 1. The van der Waals surface area contributed by atoms with Crippen LogP contribution in [-0.4, -0.2) is 35.8 Å². The van der Waals surface area contributed by atoms with Crippen LogP contribution in [0.2, 0.25) is 0 Å². The Labute approximate surface area is 151 Å². The molecule has 0 atom stereocenters. The average Bonchev–Trinajstić information content (AvgIpc) is 2.91. The molecule has 1 aliphatic heterocycles. The Balaban J connectivity index is 1.43. The molecule has 0 radical (unpaired) electrons. The molecule has 2 aliphatic rings. The van der Waals surface area contributed by atoms with Gasteiger partial charge in [0, 0.05) is 19.1 Å². The number of amides is 2. The van der Waals surface area contributed by atoms with Crippen LogP contribution >= 0.6 is 0 Å². The molecule has 1 aliphatic carbocycles. The predicted molar refractivity (Wildman–Crippen MR) is 99.1 cm³/mol. The minimum Gasteiger partial charge on any atom is -0.345 e. The van der Waals surface area contributed by atoms with E-state index in [9.17, 15) is 9.59 Å². The van der Waals surface area contributed by atoms with Crippen molar-refractivity contribution in [3.8, 4) is 0 Å². The van der Waals surface area contributed by atoms with Gasteiger partial charge >= 0.3 is 11.8 Å². The molecule has 1 aromatic rings. The molecule has 0 aromatic heterocycles. The SMILES string of the molecule is O=C(NC1CCCCCC1)C(=O)N1CCC(Cc2ccccc2)CC1. The number of rotatable bonds is 3. The molecule has 0 unspecified atom stereocenters. The maximum absolute atomic E-state index is 12.4. The highest BCUT2D eigenvalue weighted by atomic mass is 16.2. The lowest BCUT2D eigenvalue weighted by Crippen LogP contribution is -2.49. The van der Waals surface area contributed by atoms with E-state index in [2.05, 4.69) is 29.6 Å². The molecule has 1 saturated heterocycles. The Hall–Kier alpha value is -1.84. The number of carbonyl (C=O) groups excluding carboxylic acids is 2. The summed E-state index contributed by atoms with van der Waals surface area (Å²) in [6.07, 6.45) is 9.86. The fourth-order valence-corrected chi connectivity index (χ4v) is 4.10. The second-order valence-corrected chi connectivity index (χ2v) is 7.59. The van der Waals surface area contributed by atoms with E-state index in [1.165, 1.54) is 18.4 Å². The van der Waals surface area contributed by atoms with Gasteiger partial charge in [0.1, 0.15) is 0 Å². The third-order valence-corrected chi connectivity index (χ3v) is 5.65. The lowest BCUT2D eigenvalue weighted by Gasteiger charge is -2.32. The van der Waals surface area contributed by atoms with Crippen LogP contribution in [0.1, 0.15) is 56.9 Å². The molecule has 2 fully saturated rings. The van der Waals surface area contributed by atoms with Crippen molar-refractivity contribution in [1.82, 2.24) is 10.2 Å². The van der Waals surface area contributed by atoms with Crippen LogP contribution in [0.4, 0.5) is 0 Å². The van der Waals surface area contributed by atoms with Gasteiger partial charge in [-0.05, 0) is 43.6 Å². The van der Waals surface area contributed by atoms with Crippen molar-refractivity contribution in [1.29, 1.82) is 0 Å². The molecule has 1 aromatic carbocycles. The Morgan fingerprint density at radius 1 is 0.920 bits per heavy atom. The second-order valence-electron chi connectivity index (χ2n) is 7.59. The fraction of sp³-hybridized carbons (Fsp3) is 0.619. The molecule has 0 bridgehead atoms. The first-order chi connectivity index (χ1) is 12.2. The number of likely N-dealkylation sites (tertiary alicyclic amines) is 1. The van der Waals surface area contributed by atoms with E-state index in [0.717, 1.165) is 44.9 Å². The first-order valence-corrected chi connectivity index (χ1v) is 9.86. The van der Waals surface area contributed by atoms with E-state index < -0.39 is 5.91 Å². The zero-order valence-electron chi connectivity index (χ0n) is 15.1. The summed E-state index contributed by atoms with van der Waals surface area (Å²) in [5.74, 6) is -0.118. The van der Waals surface area contributed by atoms with Crippen molar-refractivity contribution in [3.05, 3.63) is 35.9 Å². The van der Waals surface area contributed by atoms with Gasteiger partial charge in [-0.1, -0.05) is 56.0 Å². The van der Waals surface area contributed by atoms with Crippen LogP contribution in [0.5, 0.6) is 0 Å². The van der Waals surface area contributed by atoms with Gasteiger partial charge in [-0.15, -0.1) is 0 Å². The minimum absolute atomic E-state index is 0.189. The number of nitrogens with one attached hydrogen (secondary N) is 1. The van der Waals surface area contributed by atoms with Gasteiger partial charge < -0.3 is 10.2 Å². The standard InChI is InChI=1S/C21H30N2O2/c24-20(22-19-10-6-1-2-7-11-19)21(25)23-14-12-18(13-15-23)16-17-8-4-3-5-9-17/h3-5,8-9,18-19H,1-2,6-7,10-16H2,(H,22,24). The van der Waals surface area contributed by atoms with E-state index >= 15 is 0 Å². The summed E-state index contributed by atoms with van der Waals surface area (Å²) in [6.45, 7) is 1.41. The van der Waals surface area contributed by atoms with E-state index in [-0.39, 0.29) is 11.9 Å². The lowest BCUT2D eigenvalue weighted by atomic mass is 9.90. The minimum atomic E-state index is -0.395. The van der Waals surface area contributed by atoms with Crippen LogP contribution in [-0.2, 0) is 16.0 Å². The maximum atomic E-state index is 12.4. The van der Waals surface area contributed by atoms with Gasteiger partial charge in [-0.25, -0.2) is 0 Å². The zero-order valence-corrected chi connectivity index (χ0v) is 15.1. The van der Waals surface area contributed by atoms with Gasteiger partial charge in [0.2, 0.25) is 0 Å². The third kappa shape index (κ3) is 5.32. The summed E-state index contributed by atoms with van der Waals surface area (Å²) >= 11 is 0. The summed E-state index contributed by atoms with van der Waals surface area (Å²) in [5, 5.41) is 2.98. The molecule has 25 heavy (non-hydrogen) atoms. The van der Waals surface area contributed by atoms with Gasteiger partial charge in [0.05, 0.1) is 0 Å². The van der Waals surface area contributed by atoms with Crippen molar-refractivity contribution >= 4 is 11.8 Å². The summed E-state index contributed by atoms with van der Waals surface area (Å²) < 4.78 is 0. The lowest BCUT2D eigenvalue weighted by molar-refractivity contribution is -0.147. The number of hydrogen-bond acceptors (Lipinski definition) is 2. The maximum Gasteiger partial charge on any atom is 0.311 e. The van der Waals surface area contributed by atoms with Crippen molar-refractivity contribution in [2.24, 2.45) is 5.92 Å². The molecule has 3 rings (SSSR count). The zero-order chi connectivity index (χ0) is 17.5. The normalized spacial score (nSPS) is 20.1. The highest BCUT2D eigenvalue weighted by Gasteiger charge is 2.28. The number of benzene rings is 1. The molecule has 0 spiro atoms. The molecule has 136 valence electrons. The largest absolute Gasteiger partial charge is 0.345 e. The summed E-state index contributed by atoms with van der Waals surface area (Å²) in [6, 6.07) is 10.7. The Bertz CT molecular complexity index is 557. The molecule has 1 N–H and O–H groups in total. The van der Waals surface area contributed by atoms with Crippen LogP contribution < -0.4 is 5.32 Å². The second kappa shape index (κ2) is 9.02. The summed E-state index contributed by atoms with van der Waals surface area (Å²) in [4.78, 5) is 26.5. The van der Waals surface area contributed by atoms with Crippen LogP contribution in [0.15, 0.2) is 30.3 Å². The smallest absolute Gasteiger partial charge is 0.311 e. The summed E-state index contributed by atoms with van der Waals surface area (Å²) in [5.41, 5.74) is 1.36. The molecule has 4 heteroatoms. The number of hydrogen-bond donors (Lipinski definition) is 1. The molecule has 1 heterocycles. The Kier molecular flexibility index (Phi) is 6.48. The van der Waals surface area contributed by atoms with Crippen molar-refractivity contribution in [3.63, 3.8) is 0 Å². The third-order valence-electron chi connectivity index (χ3n) is 5.65. The molecule has 2 amide bonds. The van der Waals surface area contributed by atoms with E-state index in [1.807, 2.05) is 6.07 Å². The fourth-order valence-electron chi connectivity index (χ4n) is 4.10. The van der Waals surface area contributed by atoms with E-state index in [1.54, 1.807) is 4.90 Å². The van der Waals surface area contributed by atoms with Crippen LogP contribution in [0.3, 0.4) is 0 Å². The van der Waals surface area contributed by atoms with Gasteiger partial charge in [-0.2, -0.15) is 0 Å². The molecular weight excluding hydrogens is 312 g/mol. The average molecular weight is 342 g/mol. The molecule has 4 nitrogen and oxygen atoms in total. The van der Waals surface area contributed by atoms with E-state index in [4.69, 9.17) is 0 Å². The van der Waals surface area contributed by atoms with Crippen molar-refractivity contribution in [2.45, 2.75) is 63.8 Å². The van der Waals surface area contributed by atoms with Crippen molar-refractivity contribution in [2.75, 3.05) is 13.1 Å². The van der Waals surface area contributed by atoms with Crippen molar-refractivity contribution < 1.29 is 9.59 Å². The van der Waals surface area contributed by atoms with E-state index in [0.29, 0.717) is 19.0 Å². The quantitative estimate of drug-likeness (QED) is 0.677. The summed E-state index contributed by atoms with van der Waals surface area (Å²) in [7, 11) is 0. The first kappa shape index (κ1) is 18.0. The Morgan fingerprint density at radius 3 is 2.20 bits per heavy atom.